The van der Waals surface area contributed by atoms with Crippen LogP contribution in [0.15, 0.2) is 57.7 Å². The molecule has 0 aliphatic heterocycles. The monoisotopic (exact) mass is 268 g/mol. The Labute approximate surface area is 114 Å². The molecule has 5 nitrogen and oxygen atoms in total. The fourth-order valence-electron chi connectivity index (χ4n) is 2.18. The first kappa shape index (κ1) is 12.2. The lowest BCUT2D eigenvalue weighted by molar-refractivity contribution is -0.118. The molecule has 0 aliphatic rings. The van der Waals surface area contributed by atoms with E-state index >= 15 is 0 Å². The zero-order valence-corrected chi connectivity index (χ0v) is 10.6. The van der Waals surface area contributed by atoms with Crippen LogP contribution in [-0.4, -0.2) is 10.5 Å². The van der Waals surface area contributed by atoms with Gasteiger partial charge in [0.05, 0.1) is 5.52 Å². The number of benzene rings is 2. The Morgan fingerprint density at radius 2 is 1.85 bits per heavy atom. The summed E-state index contributed by atoms with van der Waals surface area (Å²) in [5, 5.41) is 0. The van der Waals surface area contributed by atoms with Crippen LogP contribution in [0.2, 0.25) is 0 Å². The minimum Gasteiger partial charge on any atom is -0.408 e. The van der Waals surface area contributed by atoms with Crippen LogP contribution < -0.4 is 11.5 Å². The average Bonchev–Trinajstić information content (AvgIpc) is 2.75. The molecular formula is C15H12N2O3. The van der Waals surface area contributed by atoms with Crippen LogP contribution in [0.1, 0.15) is 0 Å². The summed E-state index contributed by atoms with van der Waals surface area (Å²) in [6.45, 7) is -0.190. The van der Waals surface area contributed by atoms with Gasteiger partial charge in [-0.3, -0.25) is 9.36 Å². The third kappa shape index (κ3) is 2.09. The van der Waals surface area contributed by atoms with Crippen LogP contribution in [-0.2, 0) is 11.3 Å². The van der Waals surface area contributed by atoms with Crippen LogP contribution in [0.3, 0.4) is 0 Å². The number of carbonyl (C=O) groups is 1. The number of hydrogen-bond donors (Lipinski definition) is 1. The standard InChI is InChI=1S/C15H12N2O3/c16-14(18)9-17-12-8-11(10-4-2-1-3-5-10)6-7-13(12)20-15(17)19/h1-8H,9H2,(H2,16,18). The maximum Gasteiger partial charge on any atom is 0.420 e. The lowest BCUT2D eigenvalue weighted by Crippen LogP contribution is -2.24. The second-order valence-corrected chi connectivity index (χ2v) is 4.47. The van der Waals surface area contributed by atoms with Crippen molar-refractivity contribution in [2.24, 2.45) is 5.73 Å². The van der Waals surface area contributed by atoms with Gasteiger partial charge in [0, 0.05) is 0 Å². The molecular weight excluding hydrogens is 256 g/mol. The van der Waals surface area contributed by atoms with Crippen LogP contribution in [0.25, 0.3) is 22.2 Å². The Morgan fingerprint density at radius 3 is 2.55 bits per heavy atom. The smallest absolute Gasteiger partial charge is 0.408 e. The van der Waals surface area contributed by atoms with E-state index in [0.717, 1.165) is 11.1 Å². The number of nitrogens with two attached hydrogens (primary N) is 1. The van der Waals surface area contributed by atoms with E-state index in [1.165, 1.54) is 4.57 Å². The van der Waals surface area contributed by atoms with Crippen molar-refractivity contribution >= 4 is 17.0 Å². The lowest BCUT2D eigenvalue weighted by Gasteiger charge is -2.02. The molecule has 0 spiro atoms. The average molecular weight is 268 g/mol. The van der Waals surface area contributed by atoms with Crippen molar-refractivity contribution in [3.8, 4) is 11.1 Å². The number of hydrogen-bond acceptors (Lipinski definition) is 3. The van der Waals surface area contributed by atoms with Gasteiger partial charge in [0.2, 0.25) is 5.91 Å². The molecule has 0 saturated heterocycles. The number of amides is 1. The predicted octanol–water partition coefficient (Wildman–Crippen LogP) is 1.75. The normalized spacial score (nSPS) is 10.8. The summed E-state index contributed by atoms with van der Waals surface area (Å²) >= 11 is 0. The Bertz CT molecular complexity index is 831. The van der Waals surface area contributed by atoms with Gasteiger partial charge in [-0.05, 0) is 23.3 Å². The quantitative estimate of drug-likeness (QED) is 0.786. The zero-order valence-electron chi connectivity index (χ0n) is 10.6. The Balaban J connectivity index is 2.19. The maximum atomic E-state index is 11.7. The summed E-state index contributed by atoms with van der Waals surface area (Å²) in [4.78, 5) is 22.7. The molecule has 0 unspecified atom stereocenters. The SMILES string of the molecule is NC(=O)Cn1c(=O)oc2ccc(-c3ccccc3)cc21. The largest absolute Gasteiger partial charge is 0.420 e. The summed E-state index contributed by atoms with van der Waals surface area (Å²) < 4.78 is 6.33. The first-order valence-corrected chi connectivity index (χ1v) is 6.12. The molecule has 0 fully saturated rings. The van der Waals surface area contributed by atoms with E-state index in [1.54, 1.807) is 6.07 Å². The Kier molecular flexibility index (Phi) is 2.87. The van der Waals surface area contributed by atoms with E-state index < -0.39 is 11.7 Å². The molecule has 1 aromatic heterocycles. The molecule has 0 bridgehead atoms. The molecule has 2 N–H and O–H groups in total. The van der Waals surface area contributed by atoms with Crippen molar-refractivity contribution in [1.82, 2.24) is 4.57 Å². The second-order valence-electron chi connectivity index (χ2n) is 4.47. The van der Waals surface area contributed by atoms with Crippen LogP contribution in [0.5, 0.6) is 0 Å². The van der Waals surface area contributed by atoms with Gasteiger partial charge in [-0.25, -0.2) is 4.79 Å². The van der Waals surface area contributed by atoms with Gasteiger partial charge in [0.15, 0.2) is 5.58 Å². The van der Waals surface area contributed by atoms with Gasteiger partial charge in [-0.1, -0.05) is 36.4 Å². The predicted molar refractivity (Wildman–Crippen MR) is 75.1 cm³/mol. The highest BCUT2D eigenvalue weighted by Crippen LogP contribution is 2.23. The molecule has 20 heavy (non-hydrogen) atoms. The highest BCUT2D eigenvalue weighted by molar-refractivity contribution is 5.82. The Hall–Kier alpha value is -2.82. The van der Waals surface area contributed by atoms with Crippen molar-refractivity contribution in [2.75, 3.05) is 0 Å². The summed E-state index contributed by atoms with van der Waals surface area (Å²) in [5.41, 5.74) is 8.12. The summed E-state index contributed by atoms with van der Waals surface area (Å²) in [6, 6.07) is 15.2. The topological polar surface area (TPSA) is 78.2 Å². The number of nitrogens with zero attached hydrogens (tertiary/aromatic N) is 1. The van der Waals surface area contributed by atoms with Gasteiger partial charge in [-0.2, -0.15) is 0 Å². The minimum atomic E-state index is -0.583. The van der Waals surface area contributed by atoms with E-state index in [9.17, 15) is 9.59 Å². The van der Waals surface area contributed by atoms with Crippen LogP contribution in [0, 0.1) is 0 Å². The number of oxazole rings is 1. The molecule has 0 radical (unpaired) electrons. The van der Waals surface area contributed by atoms with Crippen molar-refractivity contribution in [2.45, 2.75) is 6.54 Å². The van der Waals surface area contributed by atoms with Gasteiger partial charge in [0.25, 0.3) is 0 Å². The highest BCUT2D eigenvalue weighted by atomic mass is 16.4. The molecule has 2 aromatic carbocycles. The van der Waals surface area contributed by atoms with E-state index in [-0.39, 0.29) is 6.54 Å². The lowest BCUT2D eigenvalue weighted by atomic mass is 10.1. The summed E-state index contributed by atoms with van der Waals surface area (Å²) in [5.74, 6) is -1.16. The van der Waals surface area contributed by atoms with Crippen molar-refractivity contribution in [3.05, 3.63) is 59.1 Å². The van der Waals surface area contributed by atoms with E-state index in [1.807, 2.05) is 42.5 Å². The Morgan fingerprint density at radius 1 is 1.10 bits per heavy atom. The maximum absolute atomic E-state index is 11.7. The minimum absolute atomic E-state index is 0.190. The van der Waals surface area contributed by atoms with Crippen LogP contribution in [0.4, 0.5) is 0 Å². The van der Waals surface area contributed by atoms with Gasteiger partial charge in [-0.15, -0.1) is 0 Å². The number of carbonyl (C=O) groups excluding carboxylic acids is 1. The van der Waals surface area contributed by atoms with Crippen molar-refractivity contribution < 1.29 is 9.21 Å². The highest BCUT2D eigenvalue weighted by Gasteiger charge is 2.12. The fourth-order valence-corrected chi connectivity index (χ4v) is 2.18. The molecule has 0 saturated carbocycles. The third-order valence-corrected chi connectivity index (χ3v) is 3.09. The van der Waals surface area contributed by atoms with E-state index in [0.29, 0.717) is 11.1 Å². The molecule has 3 aromatic rings. The molecule has 0 atom stereocenters. The molecule has 5 heteroatoms. The van der Waals surface area contributed by atoms with E-state index in [2.05, 4.69) is 0 Å². The van der Waals surface area contributed by atoms with Crippen molar-refractivity contribution in [3.63, 3.8) is 0 Å². The second kappa shape index (κ2) is 4.70. The number of fused-ring (bicyclic) bond motifs is 1. The zero-order chi connectivity index (χ0) is 14.1. The van der Waals surface area contributed by atoms with Gasteiger partial charge in [0.1, 0.15) is 6.54 Å². The van der Waals surface area contributed by atoms with Gasteiger partial charge < -0.3 is 10.2 Å². The summed E-state index contributed by atoms with van der Waals surface area (Å²) in [6.07, 6.45) is 0. The summed E-state index contributed by atoms with van der Waals surface area (Å²) in [7, 11) is 0. The number of primary amides is 1. The van der Waals surface area contributed by atoms with E-state index in [4.69, 9.17) is 10.2 Å². The number of rotatable bonds is 3. The number of aromatic nitrogens is 1. The molecule has 1 amide bonds. The first-order chi connectivity index (χ1) is 9.65. The van der Waals surface area contributed by atoms with Crippen molar-refractivity contribution in [1.29, 1.82) is 0 Å². The molecule has 100 valence electrons. The van der Waals surface area contributed by atoms with Crippen LogP contribution >= 0.6 is 0 Å². The van der Waals surface area contributed by atoms with Gasteiger partial charge >= 0.3 is 5.76 Å². The third-order valence-electron chi connectivity index (χ3n) is 3.09. The first-order valence-electron chi connectivity index (χ1n) is 6.12. The molecule has 0 aliphatic carbocycles. The molecule has 3 rings (SSSR count). The molecule has 1 heterocycles. The fraction of sp³-hybridized carbons (Fsp3) is 0.0667.